The van der Waals surface area contributed by atoms with Crippen molar-refractivity contribution < 1.29 is 22.5 Å². The minimum atomic E-state index is -3.57. The second kappa shape index (κ2) is 6.67. The normalized spacial score (nSPS) is 16.5. The van der Waals surface area contributed by atoms with Gasteiger partial charge in [-0.2, -0.15) is 0 Å². The molecule has 8 nitrogen and oxygen atoms in total. The Morgan fingerprint density at radius 3 is 2.80 bits per heavy atom. The van der Waals surface area contributed by atoms with Crippen molar-refractivity contribution in [2.75, 3.05) is 6.54 Å². The van der Waals surface area contributed by atoms with Crippen molar-refractivity contribution in [3.63, 3.8) is 0 Å². The third-order valence-electron chi connectivity index (χ3n) is 3.81. The summed E-state index contributed by atoms with van der Waals surface area (Å²) in [6, 6.07) is 6.56. The number of hydrogen-bond acceptors (Lipinski definition) is 7. The molecule has 0 unspecified atom stereocenters. The van der Waals surface area contributed by atoms with E-state index in [9.17, 15) is 13.2 Å². The van der Waals surface area contributed by atoms with E-state index in [1.165, 1.54) is 6.07 Å². The molecule has 2 aromatic rings. The fraction of sp³-hybridized carbons (Fsp3) is 0.312. The number of aromatic nitrogens is 1. The van der Waals surface area contributed by atoms with Crippen LogP contribution in [0.25, 0.3) is 0 Å². The Bertz CT molecular complexity index is 927. The second-order valence-electron chi connectivity index (χ2n) is 5.55. The van der Waals surface area contributed by atoms with Gasteiger partial charge in [-0.25, -0.2) is 8.42 Å². The molecule has 0 amide bonds. The number of hydrogen-bond donors (Lipinski definition) is 1. The van der Waals surface area contributed by atoms with Crippen LogP contribution in [0.1, 0.15) is 29.0 Å². The third kappa shape index (κ3) is 3.55. The van der Waals surface area contributed by atoms with Gasteiger partial charge in [0, 0.05) is 5.56 Å². The van der Waals surface area contributed by atoms with Gasteiger partial charge in [0.25, 0.3) is 10.0 Å². The summed E-state index contributed by atoms with van der Waals surface area (Å²) >= 11 is 0. The Labute approximate surface area is 144 Å². The third-order valence-corrected chi connectivity index (χ3v) is 5.20. The van der Waals surface area contributed by atoms with E-state index in [1.807, 2.05) is 0 Å². The lowest BCUT2D eigenvalue weighted by Gasteiger charge is -2.03. The van der Waals surface area contributed by atoms with Crippen molar-refractivity contribution in [2.45, 2.75) is 31.8 Å². The van der Waals surface area contributed by atoms with Crippen molar-refractivity contribution in [3.05, 3.63) is 46.8 Å². The van der Waals surface area contributed by atoms with Crippen LogP contribution >= 0.6 is 0 Å². The number of aliphatic imine (C=N–C) groups is 1. The molecule has 0 radical (unpaired) electrons. The largest absolute Gasteiger partial charge is 0.461 e. The second-order valence-corrected chi connectivity index (χ2v) is 7.20. The van der Waals surface area contributed by atoms with E-state index < -0.39 is 16.0 Å². The van der Waals surface area contributed by atoms with Crippen LogP contribution in [0.2, 0.25) is 0 Å². The lowest BCUT2D eigenvalue weighted by Crippen LogP contribution is -2.22. The van der Waals surface area contributed by atoms with E-state index in [2.05, 4.69) is 14.9 Å². The van der Waals surface area contributed by atoms with Gasteiger partial charge in [-0.1, -0.05) is 17.3 Å². The van der Waals surface area contributed by atoms with E-state index in [4.69, 9.17) is 9.26 Å². The maximum atomic E-state index is 12.0. The minimum absolute atomic E-state index is 0.0385. The van der Waals surface area contributed by atoms with Crippen molar-refractivity contribution >= 4 is 21.8 Å². The predicted molar refractivity (Wildman–Crippen MR) is 88.6 cm³/mol. The summed E-state index contributed by atoms with van der Waals surface area (Å²) in [6.07, 6.45) is 0.0385. The molecule has 1 aromatic carbocycles. The molecular formula is C16H17N3O5S. The zero-order valence-electron chi connectivity index (χ0n) is 13.8. The quantitative estimate of drug-likeness (QED) is 0.805. The summed E-state index contributed by atoms with van der Waals surface area (Å²) in [5.74, 6) is 0.426. The van der Waals surface area contributed by atoms with Gasteiger partial charge in [0.1, 0.15) is 18.2 Å². The highest BCUT2D eigenvalue weighted by Crippen LogP contribution is 2.22. The van der Waals surface area contributed by atoms with Crippen LogP contribution in [-0.2, 0) is 26.2 Å². The Kier molecular flexibility index (Phi) is 4.58. The molecule has 25 heavy (non-hydrogen) atoms. The van der Waals surface area contributed by atoms with E-state index in [-0.39, 0.29) is 30.3 Å². The van der Waals surface area contributed by atoms with E-state index in [0.29, 0.717) is 17.0 Å². The maximum absolute atomic E-state index is 12.0. The molecule has 132 valence electrons. The fourth-order valence-electron chi connectivity index (χ4n) is 2.44. The number of benzene rings is 1. The minimum Gasteiger partial charge on any atom is -0.461 e. The Hall–Kier alpha value is -2.68. The SMILES string of the molecule is Cc1noc(C)c1COC(=O)CCN=C1NS(=O)(=O)c2ccccc21. The zero-order valence-corrected chi connectivity index (χ0v) is 14.6. The summed E-state index contributed by atoms with van der Waals surface area (Å²) in [5.41, 5.74) is 1.94. The molecule has 0 fully saturated rings. The number of sulfonamides is 1. The van der Waals surface area contributed by atoms with Crippen molar-refractivity contribution in [1.82, 2.24) is 9.88 Å². The fourth-order valence-corrected chi connectivity index (χ4v) is 3.69. The number of nitrogens with one attached hydrogen (secondary N) is 1. The topological polar surface area (TPSA) is 111 Å². The summed E-state index contributed by atoms with van der Waals surface area (Å²) in [5, 5.41) is 3.79. The van der Waals surface area contributed by atoms with Gasteiger partial charge < -0.3 is 9.26 Å². The highest BCUT2D eigenvalue weighted by Gasteiger charge is 2.29. The Morgan fingerprint density at radius 1 is 1.32 bits per heavy atom. The lowest BCUT2D eigenvalue weighted by atomic mass is 10.2. The molecule has 1 N–H and O–H groups in total. The standard InChI is InChI=1S/C16H17N3O5S/c1-10-13(11(2)24-18-10)9-23-15(20)7-8-17-16-12-5-3-4-6-14(12)25(21,22)19-16/h3-6H,7-9H2,1-2H3,(H,17,19). The van der Waals surface area contributed by atoms with Crippen molar-refractivity contribution in [1.29, 1.82) is 0 Å². The van der Waals surface area contributed by atoms with E-state index in [1.54, 1.807) is 32.0 Å². The summed E-state index contributed by atoms with van der Waals surface area (Å²) in [6.45, 7) is 3.73. The molecule has 1 aromatic heterocycles. The first-order valence-electron chi connectivity index (χ1n) is 7.62. The van der Waals surface area contributed by atoms with Gasteiger partial charge in [0.15, 0.2) is 0 Å². The number of esters is 1. The number of nitrogens with zero attached hydrogens (tertiary/aromatic N) is 2. The highest BCUT2D eigenvalue weighted by molar-refractivity contribution is 7.90. The van der Waals surface area contributed by atoms with Crippen LogP contribution in [0.3, 0.4) is 0 Å². The Morgan fingerprint density at radius 2 is 2.08 bits per heavy atom. The molecule has 2 heterocycles. The first kappa shape index (κ1) is 17.2. The molecule has 3 rings (SSSR count). The first-order chi connectivity index (χ1) is 11.9. The molecule has 1 aliphatic heterocycles. The van der Waals surface area contributed by atoms with E-state index in [0.717, 1.165) is 5.56 Å². The Balaban J connectivity index is 1.58. The number of carbonyl (C=O) groups is 1. The average molecular weight is 363 g/mol. The van der Waals surface area contributed by atoms with Gasteiger partial charge in [-0.3, -0.25) is 14.5 Å². The molecular weight excluding hydrogens is 346 g/mol. The van der Waals surface area contributed by atoms with Crippen LogP contribution in [0.5, 0.6) is 0 Å². The summed E-state index contributed by atoms with van der Waals surface area (Å²) < 4.78 is 36.5. The maximum Gasteiger partial charge on any atom is 0.308 e. The number of ether oxygens (including phenoxy) is 1. The van der Waals surface area contributed by atoms with Gasteiger partial charge in [0.05, 0.1) is 29.1 Å². The summed E-state index contributed by atoms with van der Waals surface area (Å²) in [7, 11) is -3.57. The molecule has 0 bridgehead atoms. The van der Waals surface area contributed by atoms with Crippen molar-refractivity contribution in [3.8, 4) is 0 Å². The van der Waals surface area contributed by atoms with Gasteiger partial charge in [0.2, 0.25) is 0 Å². The van der Waals surface area contributed by atoms with Crippen molar-refractivity contribution in [2.24, 2.45) is 4.99 Å². The van der Waals surface area contributed by atoms with Crippen LogP contribution in [0.15, 0.2) is 38.7 Å². The van der Waals surface area contributed by atoms with Crippen LogP contribution in [-0.4, -0.2) is 31.9 Å². The first-order valence-corrected chi connectivity index (χ1v) is 9.11. The lowest BCUT2D eigenvalue weighted by molar-refractivity contribution is -0.144. The molecule has 1 aliphatic rings. The monoisotopic (exact) mass is 363 g/mol. The molecule has 0 saturated carbocycles. The van der Waals surface area contributed by atoms with Gasteiger partial charge in [-0.15, -0.1) is 0 Å². The zero-order chi connectivity index (χ0) is 18.0. The van der Waals surface area contributed by atoms with Crippen LogP contribution < -0.4 is 4.72 Å². The van der Waals surface area contributed by atoms with Crippen LogP contribution in [0.4, 0.5) is 0 Å². The average Bonchev–Trinajstić information content (AvgIpc) is 3.03. The van der Waals surface area contributed by atoms with Gasteiger partial charge >= 0.3 is 5.97 Å². The number of fused-ring (bicyclic) bond motifs is 1. The summed E-state index contributed by atoms with van der Waals surface area (Å²) in [4.78, 5) is 16.2. The molecule has 0 atom stereocenters. The van der Waals surface area contributed by atoms with E-state index >= 15 is 0 Å². The number of rotatable bonds is 5. The highest BCUT2D eigenvalue weighted by atomic mass is 32.2. The molecule has 0 aliphatic carbocycles. The van der Waals surface area contributed by atoms with Crippen LogP contribution in [0, 0.1) is 13.8 Å². The predicted octanol–water partition coefficient (Wildman–Crippen LogP) is 1.46. The smallest absolute Gasteiger partial charge is 0.308 e. The number of aryl methyl sites for hydroxylation is 2. The molecule has 0 spiro atoms. The van der Waals surface area contributed by atoms with Gasteiger partial charge in [-0.05, 0) is 26.0 Å². The molecule has 9 heteroatoms. The number of amidine groups is 1. The molecule has 0 saturated heterocycles. The number of carbonyl (C=O) groups excluding carboxylic acids is 1.